The Morgan fingerprint density at radius 1 is 1.27 bits per heavy atom. The van der Waals surface area contributed by atoms with Gasteiger partial charge in [-0.2, -0.15) is 0 Å². The van der Waals surface area contributed by atoms with Gasteiger partial charge in [0, 0.05) is 31.2 Å². The third kappa shape index (κ3) is 3.17. The van der Waals surface area contributed by atoms with Gasteiger partial charge in [-0.25, -0.2) is 0 Å². The average molecular weight is 299 g/mol. The molecule has 1 aliphatic rings. The first-order valence-corrected chi connectivity index (χ1v) is 8.19. The fraction of sp³-hybridized carbons (Fsp3) is 0.500. The van der Waals surface area contributed by atoms with E-state index in [1.165, 1.54) is 24.0 Å². The van der Waals surface area contributed by atoms with Gasteiger partial charge in [-0.15, -0.1) is 0 Å². The van der Waals surface area contributed by atoms with E-state index < -0.39 is 0 Å². The van der Waals surface area contributed by atoms with Crippen molar-refractivity contribution in [2.45, 2.75) is 46.2 Å². The largest absolute Gasteiger partial charge is 0.340 e. The number of rotatable bonds is 5. The molecule has 1 aromatic carbocycles. The summed E-state index contributed by atoms with van der Waals surface area (Å²) in [4.78, 5) is 2.32. The fourth-order valence-electron chi connectivity index (χ4n) is 2.95. The molecule has 3 rings (SSSR count). The van der Waals surface area contributed by atoms with Crippen molar-refractivity contribution in [1.82, 2.24) is 10.5 Å². The molecule has 1 aromatic heterocycles. The number of aryl methyl sites for hydroxylation is 1. The summed E-state index contributed by atoms with van der Waals surface area (Å²) in [5, 5.41) is 7.90. The van der Waals surface area contributed by atoms with Crippen molar-refractivity contribution in [3.8, 4) is 11.3 Å². The maximum Gasteiger partial charge on any atom is 0.232 e. The Hall–Kier alpha value is -1.81. The van der Waals surface area contributed by atoms with Crippen LogP contribution in [0.4, 0.5) is 5.88 Å². The molecule has 0 aliphatic carbocycles. The standard InChI is InChI=1S/C18H25N3O/c1-13(2)19-12-16-17(15-8-6-7-14(3)11-15)20-22-18(16)21-9-4-5-10-21/h6-8,11,13,19H,4-5,9-10,12H2,1-3H3. The third-order valence-corrected chi connectivity index (χ3v) is 4.14. The van der Waals surface area contributed by atoms with E-state index in [4.69, 9.17) is 4.52 Å². The minimum absolute atomic E-state index is 0.437. The Morgan fingerprint density at radius 2 is 2.05 bits per heavy atom. The number of nitrogens with one attached hydrogen (secondary N) is 1. The highest BCUT2D eigenvalue weighted by atomic mass is 16.5. The number of nitrogens with zero attached hydrogens (tertiary/aromatic N) is 2. The Morgan fingerprint density at radius 3 is 2.73 bits per heavy atom. The molecule has 118 valence electrons. The van der Waals surface area contributed by atoms with Gasteiger partial charge in [-0.3, -0.25) is 0 Å². The zero-order valence-corrected chi connectivity index (χ0v) is 13.7. The lowest BCUT2D eigenvalue weighted by atomic mass is 10.0. The average Bonchev–Trinajstić information content (AvgIpc) is 3.14. The summed E-state index contributed by atoms with van der Waals surface area (Å²) in [6.45, 7) is 9.35. The molecule has 0 bridgehead atoms. The highest BCUT2D eigenvalue weighted by Gasteiger charge is 2.24. The monoisotopic (exact) mass is 299 g/mol. The van der Waals surface area contributed by atoms with E-state index in [0.29, 0.717) is 6.04 Å². The Kier molecular flexibility index (Phi) is 4.48. The first kappa shape index (κ1) is 15.1. The van der Waals surface area contributed by atoms with E-state index in [-0.39, 0.29) is 0 Å². The van der Waals surface area contributed by atoms with Gasteiger partial charge in [0.15, 0.2) is 0 Å². The van der Waals surface area contributed by atoms with Gasteiger partial charge in [0.2, 0.25) is 5.88 Å². The number of hydrogen-bond donors (Lipinski definition) is 1. The number of hydrogen-bond acceptors (Lipinski definition) is 4. The minimum atomic E-state index is 0.437. The van der Waals surface area contributed by atoms with Crippen molar-refractivity contribution in [3.63, 3.8) is 0 Å². The van der Waals surface area contributed by atoms with E-state index in [1.807, 2.05) is 0 Å². The molecule has 0 saturated carbocycles. The third-order valence-electron chi connectivity index (χ3n) is 4.14. The van der Waals surface area contributed by atoms with E-state index in [0.717, 1.165) is 36.8 Å². The molecule has 2 aromatic rings. The van der Waals surface area contributed by atoms with Crippen LogP contribution in [0.3, 0.4) is 0 Å². The SMILES string of the molecule is Cc1cccc(-c2noc(N3CCCC3)c2CNC(C)C)c1. The molecule has 0 unspecified atom stereocenters. The van der Waals surface area contributed by atoms with Crippen molar-refractivity contribution >= 4 is 5.88 Å². The maximum atomic E-state index is 5.74. The molecule has 0 atom stereocenters. The number of aromatic nitrogens is 1. The highest BCUT2D eigenvalue weighted by Crippen LogP contribution is 2.33. The number of benzene rings is 1. The van der Waals surface area contributed by atoms with Crippen molar-refractivity contribution < 1.29 is 4.52 Å². The Balaban J connectivity index is 1.97. The molecule has 4 nitrogen and oxygen atoms in total. The normalized spacial score (nSPS) is 15.0. The van der Waals surface area contributed by atoms with Gasteiger partial charge >= 0.3 is 0 Å². The molecule has 0 amide bonds. The minimum Gasteiger partial charge on any atom is -0.340 e. The summed E-state index contributed by atoms with van der Waals surface area (Å²) in [6.07, 6.45) is 2.47. The first-order valence-electron chi connectivity index (χ1n) is 8.19. The second kappa shape index (κ2) is 6.53. The maximum absolute atomic E-state index is 5.74. The van der Waals surface area contributed by atoms with Crippen molar-refractivity contribution in [2.75, 3.05) is 18.0 Å². The quantitative estimate of drug-likeness (QED) is 0.913. The molecule has 1 N–H and O–H groups in total. The van der Waals surface area contributed by atoms with Crippen LogP contribution in [0, 0.1) is 6.92 Å². The van der Waals surface area contributed by atoms with Gasteiger partial charge in [0.25, 0.3) is 0 Å². The fourth-order valence-corrected chi connectivity index (χ4v) is 2.95. The van der Waals surface area contributed by atoms with E-state index in [2.05, 4.69) is 60.4 Å². The van der Waals surface area contributed by atoms with Gasteiger partial charge in [0.1, 0.15) is 5.69 Å². The molecule has 4 heteroatoms. The summed E-state index contributed by atoms with van der Waals surface area (Å²) >= 11 is 0. The van der Waals surface area contributed by atoms with Gasteiger partial charge in [-0.1, -0.05) is 42.8 Å². The smallest absolute Gasteiger partial charge is 0.232 e. The van der Waals surface area contributed by atoms with Gasteiger partial charge in [-0.05, 0) is 25.8 Å². The summed E-state index contributed by atoms with van der Waals surface area (Å²) in [5.41, 5.74) is 4.53. The van der Waals surface area contributed by atoms with E-state index in [9.17, 15) is 0 Å². The van der Waals surface area contributed by atoms with Crippen LogP contribution in [0.2, 0.25) is 0 Å². The van der Waals surface area contributed by atoms with Crippen LogP contribution in [0.15, 0.2) is 28.8 Å². The number of anilines is 1. The zero-order valence-electron chi connectivity index (χ0n) is 13.7. The van der Waals surface area contributed by atoms with Gasteiger partial charge in [0.05, 0.1) is 5.56 Å². The molecular formula is C18H25N3O. The van der Waals surface area contributed by atoms with Crippen molar-refractivity contribution in [3.05, 3.63) is 35.4 Å². The van der Waals surface area contributed by atoms with Crippen LogP contribution >= 0.6 is 0 Å². The summed E-state index contributed by atoms with van der Waals surface area (Å²) in [5.74, 6) is 0.946. The van der Waals surface area contributed by atoms with Crippen LogP contribution in [-0.2, 0) is 6.54 Å². The second-order valence-electron chi connectivity index (χ2n) is 6.41. The second-order valence-corrected chi connectivity index (χ2v) is 6.41. The van der Waals surface area contributed by atoms with Crippen LogP contribution in [-0.4, -0.2) is 24.3 Å². The van der Waals surface area contributed by atoms with Crippen molar-refractivity contribution in [2.24, 2.45) is 0 Å². The molecule has 1 saturated heterocycles. The molecular weight excluding hydrogens is 274 g/mol. The van der Waals surface area contributed by atoms with Crippen LogP contribution < -0.4 is 10.2 Å². The first-order chi connectivity index (χ1) is 10.6. The molecule has 1 aliphatic heterocycles. The summed E-state index contributed by atoms with van der Waals surface area (Å²) in [6, 6.07) is 8.90. The molecule has 0 radical (unpaired) electrons. The lowest BCUT2D eigenvalue weighted by Gasteiger charge is -2.16. The topological polar surface area (TPSA) is 41.3 Å². The Labute approximate surface area is 132 Å². The zero-order chi connectivity index (χ0) is 15.5. The van der Waals surface area contributed by atoms with Crippen LogP contribution in [0.1, 0.15) is 37.8 Å². The molecule has 1 fully saturated rings. The van der Waals surface area contributed by atoms with Crippen LogP contribution in [0.25, 0.3) is 11.3 Å². The van der Waals surface area contributed by atoms with E-state index in [1.54, 1.807) is 0 Å². The highest BCUT2D eigenvalue weighted by molar-refractivity contribution is 5.69. The van der Waals surface area contributed by atoms with Crippen molar-refractivity contribution in [1.29, 1.82) is 0 Å². The molecule has 22 heavy (non-hydrogen) atoms. The molecule has 0 spiro atoms. The predicted molar refractivity (Wildman–Crippen MR) is 90.1 cm³/mol. The summed E-state index contributed by atoms with van der Waals surface area (Å²) in [7, 11) is 0. The predicted octanol–water partition coefficient (Wildman–Crippen LogP) is 3.75. The summed E-state index contributed by atoms with van der Waals surface area (Å²) < 4.78 is 5.74. The van der Waals surface area contributed by atoms with Gasteiger partial charge < -0.3 is 14.7 Å². The lowest BCUT2D eigenvalue weighted by Crippen LogP contribution is -2.24. The molecule has 2 heterocycles. The lowest BCUT2D eigenvalue weighted by molar-refractivity contribution is 0.421. The van der Waals surface area contributed by atoms with Crippen LogP contribution in [0.5, 0.6) is 0 Å². The van der Waals surface area contributed by atoms with E-state index >= 15 is 0 Å². The Bertz CT molecular complexity index is 627.